The van der Waals surface area contributed by atoms with E-state index in [0.29, 0.717) is 0 Å². The normalized spacial score (nSPS) is 24.1. The maximum atomic E-state index is 6.66. The van der Waals surface area contributed by atoms with Crippen LogP contribution in [-0.4, -0.2) is 0 Å². The maximum Gasteiger partial charge on any atom is 0.0322 e. The van der Waals surface area contributed by atoms with E-state index in [4.69, 9.17) is 11.6 Å². The highest BCUT2D eigenvalue weighted by Crippen LogP contribution is 2.53. The van der Waals surface area contributed by atoms with Crippen molar-refractivity contribution >= 4 is 11.6 Å². The minimum absolute atomic E-state index is 0.0520. The van der Waals surface area contributed by atoms with Crippen molar-refractivity contribution < 1.29 is 0 Å². The van der Waals surface area contributed by atoms with Crippen molar-refractivity contribution in [1.29, 1.82) is 0 Å². The van der Waals surface area contributed by atoms with E-state index in [1.807, 2.05) is 0 Å². The summed E-state index contributed by atoms with van der Waals surface area (Å²) in [6, 6.07) is 0. The van der Waals surface area contributed by atoms with Crippen LogP contribution in [0.2, 0.25) is 0 Å². The molecule has 0 spiro atoms. The van der Waals surface area contributed by atoms with E-state index < -0.39 is 0 Å². The lowest BCUT2D eigenvalue weighted by molar-refractivity contribution is 0.547. The molecule has 2 aliphatic rings. The third-order valence-corrected chi connectivity index (χ3v) is 5.79. The van der Waals surface area contributed by atoms with Crippen molar-refractivity contribution in [3.8, 4) is 0 Å². The number of hydrogen-bond donors (Lipinski definition) is 0. The molecule has 0 aromatic heterocycles. The minimum atomic E-state index is 0.0520. The standard InChI is InChI=1S/C18H25Cl/c1-12-13(2)15(4)18(5,14(12)3)16-10-8-6-7-9-11-17(16)19/h6-7H,8-11H2,1-5H3. The average Bonchev–Trinajstić information content (AvgIpc) is 2.51. The molecular formula is C18H25Cl. The monoisotopic (exact) mass is 276 g/mol. The van der Waals surface area contributed by atoms with Gasteiger partial charge in [0, 0.05) is 10.4 Å². The lowest BCUT2D eigenvalue weighted by Crippen LogP contribution is -2.22. The molecule has 0 heterocycles. The summed E-state index contributed by atoms with van der Waals surface area (Å²) >= 11 is 6.66. The second kappa shape index (κ2) is 5.32. The highest BCUT2D eigenvalue weighted by Gasteiger charge is 2.40. The first-order chi connectivity index (χ1) is 8.90. The van der Waals surface area contributed by atoms with Crippen LogP contribution >= 0.6 is 11.6 Å². The van der Waals surface area contributed by atoms with Crippen molar-refractivity contribution in [3.63, 3.8) is 0 Å². The summed E-state index contributed by atoms with van der Waals surface area (Å²) < 4.78 is 0. The molecule has 19 heavy (non-hydrogen) atoms. The molecule has 0 aromatic carbocycles. The summed E-state index contributed by atoms with van der Waals surface area (Å²) in [5.74, 6) is 0. The first-order valence-electron chi connectivity index (χ1n) is 7.30. The lowest BCUT2D eigenvalue weighted by atomic mass is 9.70. The van der Waals surface area contributed by atoms with Gasteiger partial charge in [-0.05, 0) is 77.0 Å². The van der Waals surface area contributed by atoms with Gasteiger partial charge in [0.1, 0.15) is 0 Å². The van der Waals surface area contributed by atoms with E-state index in [0.717, 1.165) is 30.7 Å². The van der Waals surface area contributed by atoms with Crippen LogP contribution in [0.5, 0.6) is 0 Å². The molecule has 0 amide bonds. The third-order valence-electron chi connectivity index (χ3n) is 5.38. The Kier molecular flexibility index (Phi) is 4.11. The number of allylic oxidation sites excluding steroid dienone is 8. The van der Waals surface area contributed by atoms with Crippen LogP contribution in [0.25, 0.3) is 0 Å². The Balaban J connectivity index is 2.53. The fourth-order valence-electron chi connectivity index (χ4n) is 3.53. The van der Waals surface area contributed by atoms with Gasteiger partial charge < -0.3 is 0 Å². The van der Waals surface area contributed by atoms with Crippen LogP contribution in [0.1, 0.15) is 60.3 Å². The first-order valence-corrected chi connectivity index (χ1v) is 7.67. The van der Waals surface area contributed by atoms with Crippen LogP contribution in [0, 0.1) is 5.41 Å². The van der Waals surface area contributed by atoms with Gasteiger partial charge in [-0.3, -0.25) is 0 Å². The number of rotatable bonds is 1. The van der Waals surface area contributed by atoms with E-state index in [1.54, 1.807) is 0 Å². The minimum Gasteiger partial charge on any atom is -0.0891 e. The predicted octanol–water partition coefficient (Wildman–Crippen LogP) is 6.30. The second-order valence-electron chi connectivity index (χ2n) is 6.06. The van der Waals surface area contributed by atoms with Crippen molar-refractivity contribution in [1.82, 2.24) is 0 Å². The van der Waals surface area contributed by atoms with Gasteiger partial charge in [-0.25, -0.2) is 0 Å². The third kappa shape index (κ3) is 2.25. The summed E-state index contributed by atoms with van der Waals surface area (Å²) in [7, 11) is 0. The summed E-state index contributed by atoms with van der Waals surface area (Å²) in [4.78, 5) is 0. The van der Waals surface area contributed by atoms with Crippen molar-refractivity contribution in [2.24, 2.45) is 5.41 Å². The van der Waals surface area contributed by atoms with E-state index in [2.05, 4.69) is 46.8 Å². The van der Waals surface area contributed by atoms with Crippen LogP contribution in [0.3, 0.4) is 0 Å². The Morgan fingerprint density at radius 2 is 1.37 bits per heavy atom. The molecule has 104 valence electrons. The molecule has 2 rings (SSSR count). The summed E-state index contributed by atoms with van der Waals surface area (Å²) in [6.45, 7) is 11.4. The Morgan fingerprint density at radius 3 is 1.89 bits per heavy atom. The molecule has 0 bridgehead atoms. The molecule has 0 radical (unpaired) electrons. The molecule has 0 N–H and O–H groups in total. The maximum absolute atomic E-state index is 6.66. The largest absolute Gasteiger partial charge is 0.0891 e. The summed E-state index contributed by atoms with van der Waals surface area (Å²) in [5.41, 5.74) is 7.38. The molecule has 0 aromatic rings. The molecule has 0 saturated heterocycles. The van der Waals surface area contributed by atoms with Gasteiger partial charge in [0.25, 0.3) is 0 Å². The Labute approximate surface area is 122 Å². The molecule has 0 nitrogen and oxygen atoms in total. The zero-order valence-electron chi connectivity index (χ0n) is 12.9. The summed E-state index contributed by atoms with van der Waals surface area (Å²) in [5, 5.41) is 1.09. The zero-order valence-corrected chi connectivity index (χ0v) is 13.6. The van der Waals surface area contributed by atoms with Gasteiger partial charge in [-0.1, -0.05) is 34.9 Å². The SMILES string of the molecule is CC1=C(C)C(C)(C2=C(Cl)CCC=CCC2)C(C)=C1C. The molecule has 0 unspecified atom stereocenters. The fraction of sp³-hybridized carbons (Fsp3) is 0.556. The summed E-state index contributed by atoms with van der Waals surface area (Å²) in [6.07, 6.45) is 8.82. The van der Waals surface area contributed by atoms with Crippen LogP contribution < -0.4 is 0 Å². The van der Waals surface area contributed by atoms with Crippen LogP contribution in [0.15, 0.2) is 45.0 Å². The average molecular weight is 277 g/mol. The van der Waals surface area contributed by atoms with Crippen LogP contribution in [0.4, 0.5) is 0 Å². The quantitative estimate of drug-likeness (QED) is 0.493. The molecule has 0 atom stereocenters. The second-order valence-corrected chi connectivity index (χ2v) is 6.51. The van der Waals surface area contributed by atoms with Gasteiger partial charge in [0.15, 0.2) is 0 Å². The predicted molar refractivity (Wildman–Crippen MR) is 85.3 cm³/mol. The molecule has 0 fully saturated rings. The van der Waals surface area contributed by atoms with Gasteiger partial charge >= 0.3 is 0 Å². The number of halogens is 1. The van der Waals surface area contributed by atoms with E-state index in [9.17, 15) is 0 Å². The van der Waals surface area contributed by atoms with Gasteiger partial charge in [0.2, 0.25) is 0 Å². The fourth-order valence-corrected chi connectivity index (χ4v) is 3.92. The molecular weight excluding hydrogens is 252 g/mol. The topological polar surface area (TPSA) is 0 Å². The zero-order chi connectivity index (χ0) is 14.2. The highest BCUT2D eigenvalue weighted by molar-refractivity contribution is 6.30. The van der Waals surface area contributed by atoms with E-state index in [1.165, 1.54) is 27.9 Å². The smallest absolute Gasteiger partial charge is 0.0322 e. The van der Waals surface area contributed by atoms with Crippen molar-refractivity contribution in [2.75, 3.05) is 0 Å². The Bertz CT molecular complexity index is 488. The Hall–Kier alpha value is -0.750. The van der Waals surface area contributed by atoms with Gasteiger partial charge in [-0.15, -0.1) is 0 Å². The highest BCUT2D eigenvalue weighted by atomic mass is 35.5. The van der Waals surface area contributed by atoms with Crippen molar-refractivity contribution in [2.45, 2.75) is 60.3 Å². The Morgan fingerprint density at radius 1 is 0.895 bits per heavy atom. The molecule has 0 saturated carbocycles. The molecule has 1 heteroatoms. The molecule has 2 aliphatic carbocycles. The lowest BCUT2D eigenvalue weighted by Gasteiger charge is -2.34. The van der Waals surface area contributed by atoms with Crippen molar-refractivity contribution in [3.05, 3.63) is 45.0 Å². The van der Waals surface area contributed by atoms with E-state index in [-0.39, 0.29) is 5.41 Å². The van der Waals surface area contributed by atoms with E-state index >= 15 is 0 Å². The molecule has 0 aliphatic heterocycles. The number of hydrogen-bond acceptors (Lipinski definition) is 0. The van der Waals surface area contributed by atoms with Crippen LogP contribution in [-0.2, 0) is 0 Å². The van der Waals surface area contributed by atoms with Gasteiger partial charge in [0.05, 0.1) is 0 Å². The first kappa shape index (κ1) is 14.7. The van der Waals surface area contributed by atoms with Gasteiger partial charge in [-0.2, -0.15) is 0 Å².